The van der Waals surface area contributed by atoms with Gasteiger partial charge in [0.25, 0.3) is 0 Å². The second kappa shape index (κ2) is 10.0. The Hall–Kier alpha value is -2.77. The highest BCUT2D eigenvalue weighted by molar-refractivity contribution is 7.09. The van der Waals surface area contributed by atoms with Crippen molar-refractivity contribution in [1.82, 2.24) is 9.88 Å². The molecule has 2 N–H and O–H groups in total. The van der Waals surface area contributed by atoms with Crippen LogP contribution in [0.3, 0.4) is 0 Å². The third kappa shape index (κ3) is 5.29. The van der Waals surface area contributed by atoms with Gasteiger partial charge >= 0.3 is 0 Å². The zero-order chi connectivity index (χ0) is 22.5. The Balaban J connectivity index is 1.92. The van der Waals surface area contributed by atoms with Gasteiger partial charge in [0.15, 0.2) is 0 Å². The molecule has 0 radical (unpaired) electrons. The molecule has 2 aromatic carbocycles. The Morgan fingerprint density at radius 3 is 2.68 bits per heavy atom. The van der Waals surface area contributed by atoms with Crippen LogP contribution in [-0.4, -0.2) is 49.4 Å². The first-order valence-corrected chi connectivity index (χ1v) is 11.1. The van der Waals surface area contributed by atoms with E-state index in [1.54, 1.807) is 17.4 Å². The number of thiazole rings is 1. The van der Waals surface area contributed by atoms with Gasteiger partial charge in [-0.15, -0.1) is 11.3 Å². The van der Waals surface area contributed by atoms with Crippen LogP contribution in [0.25, 0.3) is 11.1 Å². The highest BCUT2D eigenvalue weighted by atomic mass is 32.1. The fourth-order valence-electron chi connectivity index (χ4n) is 3.31. The van der Waals surface area contributed by atoms with Crippen LogP contribution in [-0.2, 0) is 6.42 Å². The SMILES string of the molecule is CNc1ccc(-c2ccc(F)cc2OCCc2scnc2C)cc1C(=N)C(C)N(C)C. The van der Waals surface area contributed by atoms with Crippen LogP contribution in [0.4, 0.5) is 10.1 Å². The summed E-state index contributed by atoms with van der Waals surface area (Å²) >= 11 is 1.60. The third-order valence-electron chi connectivity index (χ3n) is 5.46. The van der Waals surface area contributed by atoms with Crippen LogP contribution >= 0.6 is 11.3 Å². The second-order valence-electron chi connectivity index (χ2n) is 7.66. The number of benzene rings is 2. The zero-order valence-electron chi connectivity index (χ0n) is 18.6. The molecule has 0 aliphatic heterocycles. The van der Waals surface area contributed by atoms with Crippen LogP contribution < -0.4 is 10.1 Å². The summed E-state index contributed by atoms with van der Waals surface area (Å²) in [7, 11) is 5.76. The smallest absolute Gasteiger partial charge is 0.130 e. The molecule has 0 saturated heterocycles. The average molecular weight is 441 g/mol. The maximum absolute atomic E-state index is 14.0. The van der Waals surface area contributed by atoms with Crippen LogP contribution in [0.5, 0.6) is 5.75 Å². The summed E-state index contributed by atoms with van der Waals surface area (Å²) < 4.78 is 20.0. The molecule has 0 fully saturated rings. The molecule has 164 valence electrons. The summed E-state index contributed by atoms with van der Waals surface area (Å²) in [5.74, 6) is 0.159. The number of hydrogen-bond acceptors (Lipinski definition) is 6. The topological polar surface area (TPSA) is 61.2 Å². The first-order chi connectivity index (χ1) is 14.8. The van der Waals surface area contributed by atoms with E-state index in [0.717, 1.165) is 34.5 Å². The summed E-state index contributed by atoms with van der Waals surface area (Å²) in [5.41, 5.74) is 6.73. The lowest BCUT2D eigenvalue weighted by Crippen LogP contribution is -2.33. The third-order valence-corrected chi connectivity index (χ3v) is 6.45. The summed E-state index contributed by atoms with van der Waals surface area (Å²) in [6, 6.07) is 10.4. The van der Waals surface area contributed by atoms with E-state index in [4.69, 9.17) is 10.1 Å². The van der Waals surface area contributed by atoms with Crippen LogP contribution in [0, 0.1) is 18.2 Å². The number of aromatic nitrogens is 1. The molecule has 1 atom stereocenters. The van der Waals surface area contributed by atoms with Crippen molar-refractivity contribution in [1.29, 1.82) is 5.41 Å². The van der Waals surface area contributed by atoms with Gasteiger partial charge in [0.05, 0.1) is 23.5 Å². The van der Waals surface area contributed by atoms with Gasteiger partial charge in [-0.2, -0.15) is 0 Å². The van der Waals surface area contributed by atoms with Crippen molar-refractivity contribution in [3.05, 3.63) is 63.9 Å². The molecule has 3 rings (SSSR count). The van der Waals surface area contributed by atoms with Crippen LogP contribution in [0.1, 0.15) is 23.1 Å². The Bertz CT molecular complexity index is 1060. The lowest BCUT2D eigenvalue weighted by atomic mass is 9.96. The number of nitrogens with zero attached hydrogens (tertiary/aromatic N) is 2. The Morgan fingerprint density at radius 2 is 2.03 bits per heavy atom. The van der Waals surface area contributed by atoms with E-state index in [-0.39, 0.29) is 11.9 Å². The monoisotopic (exact) mass is 440 g/mol. The summed E-state index contributed by atoms with van der Waals surface area (Å²) in [6.45, 7) is 4.42. The average Bonchev–Trinajstić information content (AvgIpc) is 3.17. The van der Waals surface area contributed by atoms with Crippen molar-refractivity contribution < 1.29 is 9.13 Å². The van der Waals surface area contributed by atoms with Gasteiger partial charge in [0.2, 0.25) is 0 Å². The number of anilines is 1. The molecule has 0 aliphatic rings. The Labute approximate surface area is 187 Å². The summed E-state index contributed by atoms with van der Waals surface area (Å²) in [5, 5.41) is 11.9. The molecule has 1 heterocycles. The number of ether oxygens (including phenoxy) is 1. The number of rotatable bonds is 9. The molecule has 1 aromatic heterocycles. The number of likely N-dealkylation sites (N-methyl/N-ethyl adjacent to an activating group) is 1. The molecule has 0 amide bonds. The molecule has 0 saturated carbocycles. The van der Waals surface area contributed by atoms with Crippen LogP contribution in [0.2, 0.25) is 0 Å². The van der Waals surface area contributed by atoms with E-state index >= 15 is 0 Å². The molecule has 1 unspecified atom stereocenters. The maximum atomic E-state index is 14.0. The molecule has 0 bridgehead atoms. The fraction of sp³-hybridized carbons (Fsp3) is 0.333. The largest absolute Gasteiger partial charge is 0.492 e. The molecule has 0 aliphatic carbocycles. The lowest BCUT2D eigenvalue weighted by Gasteiger charge is -2.23. The van der Waals surface area contributed by atoms with E-state index in [1.807, 2.05) is 63.6 Å². The van der Waals surface area contributed by atoms with Crippen molar-refractivity contribution in [2.24, 2.45) is 0 Å². The van der Waals surface area contributed by atoms with E-state index in [0.29, 0.717) is 18.1 Å². The van der Waals surface area contributed by atoms with Gasteiger partial charge in [0.1, 0.15) is 11.6 Å². The Morgan fingerprint density at radius 1 is 1.26 bits per heavy atom. The number of hydrogen-bond donors (Lipinski definition) is 2. The van der Waals surface area contributed by atoms with Crippen molar-refractivity contribution in [3.8, 4) is 16.9 Å². The maximum Gasteiger partial charge on any atom is 0.130 e. The second-order valence-corrected chi connectivity index (χ2v) is 8.60. The van der Waals surface area contributed by atoms with Gasteiger partial charge in [-0.3, -0.25) is 0 Å². The van der Waals surface area contributed by atoms with Crippen molar-refractivity contribution in [2.45, 2.75) is 26.3 Å². The number of halogens is 1. The predicted molar refractivity (Wildman–Crippen MR) is 127 cm³/mol. The van der Waals surface area contributed by atoms with Gasteiger partial charge in [-0.05, 0) is 57.8 Å². The van der Waals surface area contributed by atoms with Crippen molar-refractivity contribution >= 4 is 22.7 Å². The van der Waals surface area contributed by atoms with Crippen LogP contribution in [0.15, 0.2) is 41.9 Å². The molecule has 5 nitrogen and oxygen atoms in total. The molecule has 7 heteroatoms. The van der Waals surface area contributed by atoms with E-state index in [9.17, 15) is 4.39 Å². The Kier molecular flexibility index (Phi) is 7.41. The van der Waals surface area contributed by atoms with Gasteiger partial charge < -0.3 is 20.4 Å². The minimum atomic E-state index is -0.339. The molecular formula is C24H29FN4OS. The van der Waals surface area contributed by atoms with Gasteiger partial charge in [0, 0.05) is 47.3 Å². The fourth-order valence-corrected chi connectivity index (χ4v) is 4.07. The highest BCUT2D eigenvalue weighted by Crippen LogP contribution is 2.34. The first kappa shape index (κ1) is 22.9. The van der Waals surface area contributed by atoms with Crippen molar-refractivity contribution in [3.63, 3.8) is 0 Å². The number of aryl methyl sites for hydroxylation is 1. The standard InChI is InChI=1S/C24H29FN4OS/c1-15-23(31-14-28-15)10-11-30-22-13-18(25)7-8-19(22)17-6-9-21(27-3)20(12-17)24(26)16(2)29(4)5/h6-9,12-14,16,26-27H,10-11H2,1-5H3. The minimum absolute atomic E-state index is 0.0473. The lowest BCUT2D eigenvalue weighted by molar-refractivity contribution is 0.322. The molecule has 0 spiro atoms. The van der Waals surface area contributed by atoms with Gasteiger partial charge in [-0.25, -0.2) is 9.37 Å². The molecule has 31 heavy (non-hydrogen) atoms. The predicted octanol–water partition coefficient (Wildman–Crippen LogP) is 5.24. The summed E-state index contributed by atoms with van der Waals surface area (Å²) in [4.78, 5) is 7.44. The van der Waals surface area contributed by atoms with Crippen molar-refractivity contribution in [2.75, 3.05) is 33.1 Å². The normalized spacial score (nSPS) is 12.1. The van der Waals surface area contributed by atoms with Gasteiger partial charge in [-0.1, -0.05) is 6.07 Å². The minimum Gasteiger partial charge on any atom is -0.492 e. The van der Waals surface area contributed by atoms with E-state index in [1.165, 1.54) is 17.0 Å². The van der Waals surface area contributed by atoms with E-state index < -0.39 is 0 Å². The quantitative estimate of drug-likeness (QED) is 0.447. The zero-order valence-corrected chi connectivity index (χ0v) is 19.4. The number of nitrogens with one attached hydrogen (secondary N) is 2. The van der Waals surface area contributed by atoms with E-state index in [2.05, 4.69) is 10.3 Å². The molecule has 3 aromatic rings. The molecular weight excluding hydrogens is 411 g/mol. The summed E-state index contributed by atoms with van der Waals surface area (Å²) in [6.07, 6.45) is 0.724. The first-order valence-electron chi connectivity index (χ1n) is 10.2. The highest BCUT2D eigenvalue weighted by Gasteiger charge is 2.18.